The summed E-state index contributed by atoms with van der Waals surface area (Å²) in [5, 5.41) is 12.5. The summed E-state index contributed by atoms with van der Waals surface area (Å²) in [7, 11) is 0. The molecule has 1 aromatic heterocycles. The van der Waals surface area contributed by atoms with E-state index in [-0.39, 0.29) is 5.91 Å². The maximum atomic E-state index is 12.0. The summed E-state index contributed by atoms with van der Waals surface area (Å²) in [5.41, 5.74) is 2.26. The molecule has 0 atom stereocenters. The van der Waals surface area contributed by atoms with Crippen LogP contribution in [0.25, 0.3) is 5.69 Å². The van der Waals surface area contributed by atoms with Gasteiger partial charge in [0.05, 0.1) is 11.4 Å². The first-order valence-corrected chi connectivity index (χ1v) is 10.3. The Balaban J connectivity index is 1.78. The number of nitrogens with zero attached hydrogens (tertiary/aromatic N) is 4. The second kappa shape index (κ2) is 9.07. The maximum absolute atomic E-state index is 12.0. The molecule has 1 N–H and O–H groups in total. The highest BCUT2D eigenvalue weighted by Gasteiger charge is 2.22. The van der Waals surface area contributed by atoms with Gasteiger partial charge >= 0.3 is 0 Å². The van der Waals surface area contributed by atoms with E-state index in [1.54, 1.807) is 0 Å². The predicted octanol–water partition coefficient (Wildman–Crippen LogP) is 3.18. The van der Waals surface area contributed by atoms with Crippen LogP contribution in [-0.4, -0.2) is 46.1 Å². The molecular formula is C19H27N5OS. The van der Waals surface area contributed by atoms with E-state index in [0.717, 1.165) is 49.3 Å². The van der Waals surface area contributed by atoms with Crippen LogP contribution >= 0.6 is 11.8 Å². The average molecular weight is 374 g/mol. The van der Waals surface area contributed by atoms with Crippen molar-refractivity contribution in [3.8, 4) is 5.69 Å². The number of aromatic nitrogens is 3. The largest absolute Gasteiger partial charge is 0.355 e. The molecule has 1 aliphatic heterocycles. The zero-order valence-electron chi connectivity index (χ0n) is 15.6. The van der Waals surface area contributed by atoms with Crippen molar-refractivity contribution in [2.24, 2.45) is 0 Å². The Labute approximate surface area is 159 Å². The minimum Gasteiger partial charge on any atom is -0.355 e. The number of carbonyl (C=O) groups excluding carboxylic acids is 1. The first kappa shape index (κ1) is 18.8. The van der Waals surface area contributed by atoms with E-state index in [2.05, 4.69) is 63.1 Å². The van der Waals surface area contributed by atoms with Crippen molar-refractivity contribution in [3.05, 3.63) is 29.8 Å². The van der Waals surface area contributed by atoms with Crippen molar-refractivity contribution < 1.29 is 4.79 Å². The summed E-state index contributed by atoms with van der Waals surface area (Å²) in [4.78, 5) is 14.3. The van der Waals surface area contributed by atoms with Crippen LogP contribution in [-0.2, 0) is 4.79 Å². The van der Waals surface area contributed by atoms with Gasteiger partial charge in [-0.1, -0.05) is 42.8 Å². The van der Waals surface area contributed by atoms with Gasteiger partial charge in [-0.2, -0.15) is 0 Å². The Morgan fingerprint density at radius 3 is 2.62 bits per heavy atom. The average Bonchev–Trinajstić information content (AvgIpc) is 3.30. The number of carbonyl (C=O) groups is 1. The van der Waals surface area contributed by atoms with Crippen LogP contribution in [0.15, 0.2) is 29.4 Å². The molecule has 1 aromatic carbocycles. The summed E-state index contributed by atoms with van der Waals surface area (Å²) < 4.78 is 2.08. The molecule has 0 unspecified atom stereocenters. The molecule has 6 nitrogen and oxygen atoms in total. The van der Waals surface area contributed by atoms with Gasteiger partial charge in [0.15, 0.2) is 5.16 Å². The van der Waals surface area contributed by atoms with E-state index in [4.69, 9.17) is 0 Å². The van der Waals surface area contributed by atoms with Gasteiger partial charge in [-0.3, -0.25) is 9.36 Å². The standard InChI is InChI=1S/C19H27N5OS/c1-3-4-11-20-17(25)14-26-19-22-21-18(23-12-5-6-13-23)24(19)16-9-7-15(2)8-10-16/h7-10H,3-6,11-14H2,1-2H3,(H,20,25). The second-order valence-electron chi connectivity index (χ2n) is 6.64. The molecule has 2 aromatic rings. The van der Waals surface area contributed by atoms with E-state index in [0.29, 0.717) is 5.75 Å². The molecule has 7 heteroatoms. The van der Waals surface area contributed by atoms with Crippen molar-refractivity contribution in [1.82, 2.24) is 20.1 Å². The minimum absolute atomic E-state index is 0.0460. The van der Waals surface area contributed by atoms with Gasteiger partial charge < -0.3 is 10.2 Å². The fourth-order valence-electron chi connectivity index (χ4n) is 2.98. The van der Waals surface area contributed by atoms with Crippen LogP contribution in [0.3, 0.4) is 0 Å². The summed E-state index contributed by atoms with van der Waals surface area (Å²) in [6.07, 6.45) is 4.45. The Hall–Kier alpha value is -2.02. The summed E-state index contributed by atoms with van der Waals surface area (Å²) in [6, 6.07) is 8.36. The van der Waals surface area contributed by atoms with Crippen LogP contribution in [0.5, 0.6) is 0 Å². The number of amides is 1. The van der Waals surface area contributed by atoms with Gasteiger partial charge in [0.2, 0.25) is 11.9 Å². The molecule has 0 spiro atoms. The van der Waals surface area contributed by atoms with Crippen molar-refractivity contribution in [2.75, 3.05) is 30.3 Å². The lowest BCUT2D eigenvalue weighted by atomic mass is 10.2. The SMILES string of the molecule is CCCCNC(=O)CSc1nnc(N2CCCC2)n1-c1ccc(C)cc1. The van der Waals surface area contributed by atoms with Crippen molar-refractivity contribution in [3.63, 3.8) is 0 Å². The zero-order valence-corrected chi connectivity index (χ0v) is 16.4. The highest BCUT2D eigenvalue weighted by Crippen LogP contribution is 2.28. The normalized spacial score (nSPS) is 14.0. The Morgan fingerprint density at radius 1 is 1.19 bits per heavy atom. The first-order chi connectivity index (χ1) is 12.7. The van der Waals surface area contributed by atoms with Gasteiger partial charge in [-0.05, 0) is 38.3 Å². The van der Waals surface area contributed by atoms with Crippen LogP contribution in [0.2, 0.25) is 0 Å². The number of thioether (sulfide) groups is 1. The lowest BCUT2D eigenvalue weighted by molar-refractivity contribution is -0.118. The highest BCUT2D eigenvalue weighted by atomic mass is 32.2. The van der Waals surface area contributed by atoms with E-state index in [1.807, 2.05) is 0 Å². The van der Waals surface area contributed by atoms with Crippen molar-refractivity contribution >= 4 is 23.6 Å². The molecule has 140 valence electrons. The number of nitrogens with one attached hydrogen (secondary N) is 1. The molecule has 1 saturated heterocycles. The molecule has 26 heavy (non-hydrogen) atoms. The molecule has 2 heterocycles. The number of unbranched alkanes of at least 4 members (excludes halogenated alkanes) is 1. The molecule has 0 aliphatic carbocycles. The molecule has 1 aliphatic rings. The van der Waals surface area contributed by atoms with Crippen LogP contribution in [0.4, 0.5) is 5.95 Å². The molecule has 1 fully saturated rings. The lowest BCUT2D eigenvalue weighted by Crippen LogP contribution is -2.26. The number of hydrogen-bond donors (Lipinski definition) is 1. The van der Waals surface area contributed by atoms with Crippen LogP contribution in [0.1, 0.15) is 38.2 Å². The van der Waals surface area contributed by atoms with Crippen molar-refractivity contribution in [2.45, 2.75) is 44.7 Å². The zero-order chi connectivity index (χ0) is 18.4. The first-order valence-electron chi connectivity index (χ1n) is 9.36. The second-order valence-corrected chi connectivity index (χ2v) is 7.58. The monoisotopic (exact) mass is 373 g/mol. The molecule has 0 bridgehead atoms. The number of hydrogen-bond acceptors (Lipinski definition) is 5. The number of aryl methyl sites for hydroxylation is 1. The summed E-state index contributed by atoms with van der Waals surface area (Å²) >= 11 is 1.44. The number of benzene rings is 1. The van der Waals surface area contributed by atoms with Gasteiger partial charge in [0, 0.05) is 19.6 Å². The molecule has 3 rings (SSSR count). The molecular weight excluding hydrogens is 346 g/mol. The smallest absolute Gasteiger partial charge is 0.232 e. The third-order valence-corrected chi connectivity index (χ3v) is 5.41. The van der Waals surface area contributed by atoms with E-state index >= 15 is 0 Å². The van der Waals surface area contributed by atoms with E-state index in [9.17, 15) is 4.79 Å². The number of rotatable bonds is 8. The van der Waals surface area contributed by atoms with Crippen molar-refractivity contribution in [1.29, 1.82) is 0 Å². The molecule has 1 amide bonds. The third-order valence-electron chi connectivity index (χ3n) is 4.48. The Bertz CT molecular complexity index is 722. The Morgan fingerprint density at radius 2 is 1.92 bits per heavy atom. The van der Waals surface area contributed by atoms with Gasteiger partial charge in [-0.15, -0.1) is 10.2 Å². The summed E-state index contributed by atoms with van der Waals surface area (Å²) in [5.74, 6) is 1.28. The predicted molar refractivity (Wildman–Crippen MR) is 106 cm³/mol. The molecule has 0 saturated carbocycles. The fraction of sp³-hybridized carbons (Fsp3) is 0.526. The Kier molecular flexibility index (Phi) is 6.55. The van der Waals surface area contributed by atoms with E-state index in [1.165, 1.54) is 30.2 Å². The van der Waals surface area contributed by atoms with Gasteiger partial charge in [0.25, 0.3) is 0 Å². The lowest BCUT2D eigenvalue weighted by Gasteiger charge is -2.18. The fourth-order valence-corrected chi connectivity index (χ4v) is 3.76. The summed E-state index contributed by atoms with van der Waals surface area (Å²) in [6.45, 7) is 6.94. The molecule has 0 radical (unpaired) electrons. The van der Waals surface area contributed by atoms with Gasteiger partial charge in [-0.25, -0.2) is 0 Å². The highest BCUT2D eigenvalue weighted by molar-refractivity contribution is 7.99. The van der Waals surface area contributed by atoms with Gasteiger partial charge in [0.1, 0.15) is 0 Å². The van der Waals surface area contributed by atoms with E-state index < -0.39 is 0 Å². The third kappa shape index (κ3) is 4.58. The topological polar surface area (TPSA) is 63.1 Å². The van der Waals surface area contributed by atoms with Crippen LogP contribution in [0, 0.1) is 6.92 Å². The maximum Gasteiger partial charge on any atom is 0.232 e. The minimum atomic E-state index is 0.0460. The number of anilines is 1. The quantitative estimate of drug-likeness (QED) is 0.569. The van der Waals surface area contributed by atoms with Crippen LogP contribution < -0.4 is 10.2 Å².